The smallest absolute Gasteiger partial charge is 0.244 e. The molecule has 1 unspecified atom stereocenters. The van der Waals surface area contributed by atoms with Crippen molar-refractivity contribution >= 4 is 12.0 Å². The van der Waals surface area contributed by atoms with E-state index in [1.165, 1.54) is 11.6 Å². The molecule has 1 aromatic heterocycles. The predicted octanol–water partition coefficient (Wildman–Crippen LogP) is 4.69. The van der Waals surface area contributed by atoms with Crippen LogP contribution in [0.2, 0.25) is 0 Å². The number of nitrogens with one attached hydrogen (secondary N) is 1. The van der Waals surface area contributed by atoms with Crippen molar-refractivity contribution in [2.45, 2.75) is 40.0 Å². The van der Waals surface area contributed by atoms with Crippen LogP contribution in [0.15, 0.2) is 60.8 Å². The maximum atomic E-state index is 12.3. The van der Waals surface area contributed by atoms with Crippen molar-refractivity contribution in [3.05, 3.63) is 83.2 Å². The van der Waals surface area contributed by atoms with E-state index in [0.717, 1.165) is 34.9 Å². The number of carbonyl (C=O) groups is 1. The molecule has 0 saturated heterocycles. The molecule has 3 rings (SSSR count). The molecule has 2 aromatic carbocycles. The van der Waals surface area contributed by atoms with Crippen molar-refractivity contribution in [3.8, 4) is 11.5 Å². The van der Waals surface area contributed by atoms with Crippen LogP contribution in [0.4, 0.5) is 0 Å². The summed E-state index contributed by atoms with van der Waals surface area (Å²) in [6.45, 7) is 7.15. The average molecular weight is 420 g/mol. The summed E-state index contributed by atoms with van der Waals surface area (Å²) in [6, 6.07) is 15.4. The molecule has 6 heteroatoms. The number of aromatic nitrogens is 2. The van der Waals surface area contributed by atoms with E-state index in [4.69, 9.17) is 9.47 Å². The topological polar surface area (TPSA) is 65.4 Å². The number of hydrogen-bond donors (Lipinski definition) is 1. The number of benzene rings is 2. The third-order valence-corrected chi connectivity index (χ3v) is 4.93. The summed E-state index contributed by atoms with van der Waals surface area (Å²) in [6.07, 6.45) is 5.21. The molecular weight excluding hydrogens is 390 g/mol. The molecule has 0 aliphatic rings. The lowest BCUT2D eigenvalue weighted by molar-refractivity contribution is -0.117. The van der Waals surface area contributed by atoms with Gasteiger partial charge in [-0.3, -0.25) is 9.48 Å². The molecular formula is C25H29N3O3. The number of rotatable bonds is 9. The number of aryl methyl sites for hydroxylation is 2. The lowest BCUT2D eigenvalue weighted by Crippen LogP contribution is -2.25. The molecule has 1 amide bonds. The minimum Gasteiger partial charge on any atom is -0.496 e. The second-order valence-electron chi connectivity index (χ2n) is 7.33. The first-order valence-electron chi connectivity index (χ1n) is 10.4. The van der Waals surface area contributed by atoms with Crippen LogP contribution in [-0.4, -0.2) is 22.8 Å². The van der Waals surface area contributed by atoms with E-state index in [0.29, 0.717) is 6.61 Å². The molecule has 0 radical (unpaired) electrons. The Bertz CT molecular complexity index is 1040. The molecule has 1 heterocycles. The molecule has 1 N–H and O–H groups in total. The first kappa shape index (κ1) is 22.2. The monoisotopic (exact) mass is 419 g/mol. The minimum absolute atomic E-state index is 0.167. The Kier molecular flexibility index (Phi) is 7.49. The van der Waals surface area contributed by atoms with Gasteiger partial charge in [-0.1, -0.05) is 23.8 Å². The fraction of sp³-hybridized carbons (Fsp3) is 0.280. The zero-order valence-corrected chi connectivity index (χ0v) is 18.5. The van der Waals surface area contributed by atoms with Crippen molar-refractivity contribution in [3.63, 3.8) is 0 Å². The van der Waals surface area contributed by atoms with Gasteiger partial charge in [-0.15, -0.1) is 0 Å². The maximum Gasteiger partial charge on any atom is 0.244 e. The Balaban J connectivity index is 1.63. The van der Waals surface area contributed by atoms with Crippen LogP contribution in [-0.2, 0) is 17.9 Å². The van der Waals surface area contributed by atoms with Crippen LogP contribution in [0.5, 0.6) is 11.5 Å². The van der Waals surface area contributed by atoms with Gasteiger partial charge in [0.25, 0.3) is 0 Å². The molecule has 1 atom stereocenters. The van der Waals surface area contributed by atoms with E-state index in [1.54, 1.807) is 13.2 Å². The summed E-state index contributed by atoms with van der Waals surface area (Å²) in [5.74, 6) is 1.37. The second-order valence-corrected chi connectivity index (χ2v) is 7.33. The van der Waals surface area contributed by atoms with Gasteiger partial charge in [0.05, 0.1) is 18.8 Å². The van der Waals surface area contributed by atoms with Gasteiger partial charge < -0.3 is 14.8 Å². The highest BCUT2D eigenvalue weighted by molar-refractivity contribution is 5.92. The van der Waals surface area contributed by atoms with E-state index in [9.17, 15) is 4.79 Å². The number of nitrogens with zero attached hydrogens (tertiary/aromatic N) is 2. The van der Waals surface area contributed by atoms with Gasteiger partial charge >= 0.3 is 0 Å². The van der Waals surface area contributed by atoms with E-state index >= 15 is 0 Å². The summed E-state index contributed by atoms with van der Waals surface area (Å²) in [4.78, 5) is 12.3. The van der Waals surface area contributed by atoms with Crippen LogP contribution < -0.4 is 14.8 Å². The fourth-order valence-electron chi connectivity index (χ4n) is 3.10. The molecule has 3 aromatic rings. The zero-order chi connectivity index (χ0) is 22.2. The molecule has 6 nitrogen and oxygen atoms in total. The quantitative estimate of drug-likeness (QED) is 0.511. The van der Waals surface area contributed by atoms with Gasteiger partial charge in [0.1, 0.15) is 18.1 Å². The summed E-state index contributed by atoms with van der Waals surface area (Å²) < 4.78 is 13.2. The molecule has 0 bridgehead atoms. The third kappa shape index (κ3) is 6.22. The second kappa shape index (κ2) is 10.5. The summed E-state index contributed by atoms with van der Waals surface area (Å²) in [7, 11) is 1.63. The SMILES string of the molecule is CCn1ccc(C(C)NC(=O)/C=C/c2ccc(OC)c(COc3ccc(C)cc3)c2)n1. The van der Waals surface area contributed by atoms with E-state index < -0.39 is 0 Å². The van der Waals surface area contributed by atoms with Crippen molar-refractivity contribution in [1.82, 2.24) is 15.1 Å². The summed E-state index contributed by atoms with van der Waals surface area (Å²) >= 11 is 0. The van der Waals surface area contributed by atoms with Gasteiger partial charge in [-0.05, 0) is 62.7 Å². The fourth-order valence-corrected chi connectivity index (χ4v) is 3.10. The molecule has 31 heavy (non-hydrogen) atoms. The van der Waals surface area contributed by atoms with Crippen molar-refractivity contribution in [1.29, 1.82) is 0 Å². The average Bonchev–Trinajstić information content (AvgIpc) is 3.27. The summed E-state index contributed by atoms with van der Waals surface area (Å²) in [5, 5.41) is 7.37. The van der Waals surface area contributed by atoms with Crippen LogP contribution in [0.3, 0.4) is 0 Å². The highest BCUT2D eigenvalue weighted by Gasteiger charge is 2.11. The number of amides is 1. The number of hydrogen-bond acceptors (Lipinski definition) is 4. The molecule has 0 spiro atoms. The van der Waals surface area contributed by atoms with Gasteiger partial charge in [-0.2, -0.15) is 5.10 Å². The Morgan fingerprint density at radius 2 is 1.97 bits per heavy atom. The molecule has 0 aliphatic heterocycles. The van der Waals surface area contributed by atoms with E-state index in [-0.39, 0.29) is 11.9 Å². The van der Waals surface area contributed by atoms with Gasteiger partial charge in [0, 0.05) is 24.4 Å². The van der Waals surface area contributed by atoms with Crippen LogP contribution in [0.1, 0.15) is 42.3 Å². The van der Waals surface area contributed by atoms with Crippen molar-refractivity contribution in [2.24, 2.45) is 0 Å². The first-order valence-corrected chi connectivity index (χ1v) is 10.4. The number of methoxy groups -OCH3 is 1. The first-order chi connectivity index (χ1) is 15.0. The Labute approximate surface area is 183 Å². The number of carbonyl (C=O) groups excluding carboxylic acids is 1. The van der Waals surface area contributed by atoms with Gasteiger partial charge in [0.2, 0.25) is 5.91 Å². The largest absolute Gasteiger partial charge is 0.496 e. The van der Waals surface area contributed by atoms with E-state index in [2.05, 4.69) is 10.4 Å². The molecule has 0 aliphatic carbocycles. The van der Waals surface area contributed by atoms with Crippen LogP contribution in [0.25, 0.3) is 6.08 Å². The van der Waals surface area contributed by atoms with Gasteiger partial charge in [-0.25, -0.2) is 0 Å². The Morgan fingerprint density at radius 3 is 2.65 bits per heavy atom. The zero-order valence-electron chi connectivity index (χ0n) is 18.5. The predicted molar refractivity (Wildman–Crippen MR) is 122 cm³/mol. The van der Waals surface area contributed by atoms with Crippen LogP contribution in [0, 0.1) is 6.92 Å². The van der Waals surface area contributed by atoms with Crippen LogP contribution >= 0.6 is 0 Å². The normalized spacial score (nSPS) is 12.0. The Hall–Kier alpha value is -3.54. The lowest BCUT2D eigenvalue weighted by Gasteiger charge is -2.12. The Morgan fingerprint density at radius 1 is 1.19 bits per heavy atom. The van der Waals surface area contributed by atoms with Crippen molar-refractivity contribution in [2.75, 3.05) is 7.11 Å². The standard InChI is InChI=1S/C25H29N3O3/c1-5-28-15-14-23(27-28)19(3)26-25(29)13-9-20-8-12-24(30-4)21(16-20)17-31-22-10-6-18(2)7-11-22/h6-16,19H,5,17H2,1-4H3,(H,26,29)/b13-9+. The third-order valence-electron chi connectivity index (χ3n) is 4.93. The molecule has 0 saturated carbocycles. The highest BCUT2D eigenvalue weighted by atomic mass is 16.5. The van der Waals surface area contributed by atoms with Gasteiger partial charge in [0.15, 0.2) is 0 Å². The lowest BCUT2D eigenvalue weighted by atomic mass is 10.1. The molecule has 162 valence electrons. The minimum atomic E-state index is -0.174. The summed E-state index contributed by atoms with van der Waals surface area (Å²) in [5.41, 5.74) is 3.82. The number of ether oxygens (including phenoxy) is 2. The highest BCUT2D eigenvalue weighted by Crippen LogP contribution is 2.23. The maximum absolute atomic E-state index is 12.3. The van der Waals surface area contributed by atoms with Crippen molar-refractivity contribution < 1.29 is 14.3 Å². The van der Waals surface area contributed by atoms with E-state index in [1.807, 2.05) is 80.2 Å². The molecule has 0 fully saturated rings.